The molecule has 0 bridgehead atoms. The molecule has 1 N–H and O–H groups in total. The second-order valence-corrected chi connectivity index (χ2v) is 12.8. The van der Waals surface area contributed by atoms with Gasteiger partial charge < -0.3 is 29.0 Å². The van der Waals surface area contributed by atoms with Crippen LogP contribution in [0.5, 0.6) is 23.0 Å². The Kier molecular flexibility index (Phi) is 13.2. The number of fused-ring (bicyclic) bond motifs is 2. The SMILES string of the molecule is CC(=O)Oc1cc2c(Cl)c(C(=O)O)sc2c([N+](=O)[O-])c1OC(C)=O.CCN(CC)C(=O)c1sc2c([N+](=O)[O-])c(OC(C)=O)c(OC(C)=O)cc2c1Cl. The minimum Gasteiger partial charge on any atom is -0.477 e. The van der Waals surface area contributed by atoms with E-state index in [0.717, 1.165) is 45.1 Å². The van der Waals surface area contributed by atoms with E-state index in [4.69, 9.17) is 47.3 Å². The van der Waals surface area contributed by atoms with Crippen LogP contribution >= 0.6 is 45.9 Å². The number of hydrogen-bond acceptors (Lipinski definition) is 16. The first-order valence-electron chi connectivity index (χ1n) is 14.4. The van der Waals surface area contributed by atoms with Crippen molar-refractivity contribution in [3.8, 4) is 23.0 Å². The number of rotatable bonds is 10. The molecule has 2 aromatic carbocycles. The van der Waals surface area contributed by atoms with E-state index in [1.54, 1.807) is 13.8 Å². The van der Waals surface area contributed by atoms with Gasteiger partial charge in [0.25, 0.3) is 17.4 Å². The van der Waals surface area contributed by atoms with E-state index in [9.17, 15) is 49.0 Å². The Hall–Kier alpha value is -5.44. The quantitative estimate of drug-likeness (QED) is 0.0748. The summed E-state index contributed by atoms with van der Waals surface area (Å²) in [5.74, 6) is -6.91. The first-order valence-corrected chi connectivity index (χ1v) is 16.8. The van der Waals surface area contributed by atoms with Crippen molar-refractivity contribution in [1.29, 1.82) is 0 Å². The van der Waals surface area contributed by atoms with Gasteiger partial charge in [0.1, 0.15) is 19.2 Å². The fourth-order valence-corrected chi connectivity index (χ4v) is 7.48. The Labute approximate surface area is 309 Å². The van der Waals surface area contributed by atoms with Crippen molar-refractivity contribution in [2.24, 2.45) is 0 Å². The van der Waals surface area contributed by atoms with E-state index >= 15 is 0 Å². The zero-order valence-corrected chi connectivity index (χ0v) is 30.8. The monoisotopic (exact) mass is 801 g/mol. The number of nitro benzene ring substituents is 2. The Morgan fingerprint density at radius 3 is 1.35 bits per heavy atom. The van der Waals surface area contributed by atoms with Gasteiger partial charge in [0.2, 0.25) is 0 Å². The topological polar surface area (TPSA) is 249 Å². The summed E-state index contributed by atoms with van der Waals surface area (Å²) in [6.45, 7) is 8.66. The Morgan fingerprint density at radius 2 is 1.04 bits per heavy atom. The highest BCUT2D eigenvalue weighted by molar-refractivity contribution is 7.22. The highest BCUT2D eigenvalue weighted by atomic mass is 35.5. The number of carbonyl (C=O) groups excluding carboxylic acids is 5. The molecule has 1 amide bonds. The molecule has 52 heavy (non-hydrogen) atoms. The summed E-state index contributed by atoms with van der Waals surface area (Å²) in [5.41, 5.74) is -1.31. The normalized spacial score (nSPS) is 10.5. The van der Waals surface area contributed by atoms with Crippen molar-refractivity contribution in [1.82, 2.24) is 4.90 Å². The van der Waals surface area contributed by atoms with Crippen LogP contribution in [0.15, 0.2) is 12.1 Å². The number of benzene rings is 2. The Bertz CT molecular complexity index is 2190. The lowest BCUT2D eigenvalue weighted by Crippen LogP contribution is -2.29. The molecule has 0 aliphatic heterocycles. The number of carboxylic acid groups (broad SMARTS) is 1. The largest absolute Gasteiger partial charge is 0.477 e. The summed E-state index contributed by atoms with van der Waals surface area (Å²) in [6.07, 6.45) is 0. The zero-order valence-electron chi connectivity index (χ0n) is 27.6. The molecule has 2 heterocycles. The van der Waals surface area contributed by atoms with E-state index < -0.39 is 68.3 Å². The van der Waals surface area contributed by atoms with Crippen LogP contribution in [0.25, 0.3) is 20.2 Å². The first-order chi connectivity index (χ1) is 24.2. The first kappa shape index (κ1) is 41.0. The van der Waals surface area contributed by atoms with E-state index in [0.29, 0.717) is 24.4 Å². The Morgan fingerprint density at radius 1 is 0.692 bits per heavy atom. The van der Waals surface area contributed by atoms with Crippen LogP contribution in [-0.2, 0) is 19.2 Å². The van der Waals surface area contributed by atoms with Crippen molar-refractivity contribution >= 4 is 113 Å². The molecule has 0 spiro atoms. The number of halogens is 2. The minimum absolute atomic E-state index is 0.00193. The molecule has 18 nitrogen and oxygen atoms in total. The molecule has 0 saturated heterocycles. The molecule has 4 aromatic rings. The van der Waals surface area contributed by atoms with Crippen LogP contribution in [0, 0.1) is 20.2 Å². The summed E-state index contributed by atoms with van der Waals surface area (Å²) in [7, 11) is 0. The van der Waals surface area contributed by atoms with Gasteiger partial charge in [0.05, 0.1) is 19.9 Å². The number of carboxylic acids is 1. The van der Waals surface area contributed by atoms with Gasteiger partial charge >= 0.3 is 41.2 Å². The summed E-state index contributed by atoms with van der Waals surface area (Å²) in [4.78, 5) is 92.0. The van der Waals surface area contributed by atoms with E-state index in [2.05, 4.69) is 0 Å². The third kappa shape index (κ3) is 8.70. The summed E-state index contributed by atoms with van der Waals surface area (Å²) < 4.78 is 19.5. The fraction of sp³-hybridized carbons (Fsp3) is 0.267. The predicted octanol–water partition coefficient (Wildman–Crippen LogP) is 6.81. The number of amides is 1. The molecule has 22 heteroatoms. The van der Waals surface area contributed by atoms with Gasteiger partial charge in [0, 0.05) is 51.6 Å². The van der Waals surface area contributed by atoms with Gasteiger partial charge in [0.15, 0.2) is 11.5 Å². The van der Waals surface area contributed by atoms with Crippen LogP contribution < -0.4 is 18.9 Å². The van der Waals surface area contributed by atoms with Crippen LogP contribution in [0.2, 0.25) is 10.0 Å². The van der Waals surface area contributed by atoms with Crippen molar-refractivity contribution in [3.05, 3.63) is 52.2 Å². The molecular weight excluding hydrogens is 777 g/mol. The van der Waals surface area contributed by atoms with Crippen molar-refractivity contribution in [2.45, 2.75) is 41.5 Å². The van der Waals surface area contributed by atoms with E-state index in [-0.39, 0.29) is 51.6 Å². The molecule has 276 valence electrons. The van der Waals surface area contributed by atoms with Crippen molar-refractivity contribution in [3.63, 3.8) is 0 Å². The zero-order chi connectivity index (χ0) is 39.4. The second-order valence-electron chi connectivity index (χ2n) is 10.0. The van der Waals surface area contributed by atoms with E-state index in [1.807, 2.05) is 0 Å². The predicted molar refractivity (Wildman–Crippen MR) is 186 cm³/mol. The molecule has 0 fully saturated rings. The molecule has 2 aromatic heterocycles. The highest BCUT2D eigenvalue weighted by Crippen LogP contribution is 2.51. The highest BCUT2D eigenvalue weighted by Gasteiger charge is 2.34. The van der Waals surface area contributed by atoms with Crippen molar-refractivity contribution < 1.29 is 62.7 Å². The van der Waals surface area contributed by atoms with Crippen LogP contribution in [0.1, 0.15) is 60.9 Å². The number of thiophene rings is 2. The molecule has 4 rings (SSSR count). The lowest BCUT2D eigenvalue weighted by Gasteiger charge is -2.17. The second kappa shape index (κ2) is 16.7. The van der Waals surface area contributed by atoms with Gasteiger partial charge in [-0.15, -0.1) is 22.7 Å². The average Bonchev–Trinajstić information content (AvgIpc) is 3.52. The van der Waals surface area contributed by atoms with Crippen LogP contribution in [0.4, 0.5) is 11.4 Å². The number of ether oxygens (including phenoxy) is 4. The summed E-state index contributed by atoms with van der Waals surface area (Å²) >= 11 is 13.7. The van der Waals surface area contributed by atoms with Crippen molar-refractivity contribution in [2.75, 3.05) is 13.1 Å². The molecule has 0 unspecified atom stereocenters. The smallest absolute Gasteiger partial charge is 0.347 e. The van der Waals surface area contributed by atoms with Gasteiger partial charge in [-0.3, -0.25) is 44.2 Å². The average molecular weight is 803 g/mol. The number of nitrogens with zero attached hydrogens (tertiary/aromatic N) is 3. The van der Waals surface area contributed by atoms with Gasteiger partial charge in [-0.2, -0.15) is 0 Å². The van der Waals surface area contributed by atoms with Gasteiger partial charge in [-0.1, -0.05) is 23.2 Å². The standard InChI is InChI=1S/C17H17ClN2O7S.C13H8ClNO8S/c1-5-19(6-2)17(23)16-12(18)10-7-11(26-8(3)21)14(27-9(4)22)13(20(24)25)15(10)28-16;1-4(16)22-7-3-6-8(14)12(13(18)19)24-11(6)9(15(20)21)10(7)23-5(2)17/h7H,5-6H2,1-4H3;3H,1-2H3,(H,18,19). The molecule has 0 aliphatic rings. The molecular formula is C30H25Cl2N3O15S2. The molecule has 0 atom stereocenters. The number of carbonyl (C=O) groups is 6. The minimum atomic E-state index is -1.38. The van der Waals surface area contributed by atoms with Gasteiger partial charge in [-0.05, 0) is 26.0 Å². The number of hydrogen-bond donors (Lipinski definition) is 1. The lowest BCUT2D eigenvalue weighted by atomic mass is 10.2. The maximum atomic E-state index is 12.7. The van der Waals surface area contributed by atoms with Gasteiger partial charge in [-0.25, -0.2) is 4.79 Å². The van der Waals surface area contributed by atoms with Crippen LogP contribution in [0.3, 0.4) is 0 Å². The Balaban J connectivity index is 0.000000284. The number of aromatic carboxylic acids is 1. The van der Waals surface area contributed by atoms with E-state index in [1.165, 1.54) is 11.0 Å². The third-order valence-electron chi connectivity index (χ3n) is 6.43. The number of nitro groups is 2. The maximum Gasteiger partial charge on any atom is 0.347 e. The fourth-order valence-electron chi connectivity index (χ4n) is 4.50. The van der Waals surface area contributed by atoms with Crippen LogP contribution in [-0.4, -0.2) is 68.7 Å². The maximum absolute atomic E-state index is 12.7. The number of esters is 4. The molecule has 0 aliphatic carbocycles. The summed E-state index contributed by atoms with van der Waals surface area (Å²) in [6, 6.07) is 2.37. The third-order valence-corrected chi connectivity index (χ3v) is 9.84. The lowest BCUT2D eigenvalue weighted by molar-refractivity contribution is -0.383. The molecule has 0 radical (unpaired) electrons. The molecule has 0 saturated carbocycles. The summed E-state index contributed by atoms with van der Waals surface area (Å²) in [5, 5.41) is 32.2.